The molecule has 172 valence electrons. The van der Waals surface area contributed by atoms with Crippen molar-refractivity contribution >= 4 is 64.0 Å². The number of pyridine rings is 1. The molecule has 0 radical (unpaired) electrons. The van der Waals surface area contributed by atoms with Crippen LogP contribution < -0.4 is 5.32 Å². The van der Waals surface area contributed by atoms with Crippen LogP contribution in [-0.2, 0) is 9.53 Å². The molecule has 3 aliphatic rings. The van der Waals surface area contributed by atoms with Crippen molar-refractivity contribution in [3.63, 3.8) is 0 Å². The first-order valence-corrected chi connectivity index (χ1v) is 14.1. The Morgan fingerprint density at radius 2 is 2.09 bits per heavy atom. The molecule has 10 heteroatoms. The number of nitrogens with one attached hydrogen (secondary N) is 1. The minimum absolute atomic E-state index is 0.209. The van der Waals surface area contributed by atoms with E-state index >= 15 is 0 Å². The van der Waals surface area contributed by atoms with Crippen molar-refractivity contribution in [2.24, 2.45) is 11.8 Å². The van der Waals surface area contributed by atoms with E-state index in [4.69, 9.17) is 14.7 Å². The maximum absolute atomic E-state index is 14.1. The van der Waals surface area contributed by atoms with E-state index in [1.807, 2.05) is 34.4 Å². The number of methoxy groups -OCH3 is 1. The SMILES string of the molecule is COC(=O)C1C2CC(=CC1Nc1nc(-c3cn(SI)c4ncc(F)cc34)nc3ccccc13)C2. The maximum Gasteiger partial charge on any atom is 0.311 e. The van der Waals surface area contributed by atoms with E-state index in [0.717, 1.165) is 23.7 Å². The molecule has 1 saturated carbocycles. The zero-order valence-electron chi connectivity index (χ0n) is 18.0. The van der Waals surface area contributed by atoms with E-state index in [1.54, 1.807) is 0 Å². The molecular formula is C24H19FIN5O2S. The molecule has 2 atom stereocenters. The number of hydrogen-bond acceptors (Lipinski definition) is 7. The third kappa shape index (κ3) is 3.54. The summed E-state index contributed by atoms with van der Waals surface area (Å²) in [6.45, 7) is 0. The summed E-state index contributed by atoms with van der Waals surface area (Å²) >= 11 is 2.16. The fourth-order valence-corrected chi connectivity index (χ4v) is 6.27. The number of ether oxygens (including phenoxy) is 1. The third-order valence-corrected chi connectivity index (χ3v) is 8.33. The van der Waals surface area contributed by atoms with Gasteiger partial charge in [0.15, 0.2) is 11.5 Å². The van der Waals surface area contributed by atoms with Gasteiger partial charge in [0.2, 0.25) is 0 Å². The van der Waals surface area contributed by atoms with Gasteiger partial charge in [0, 0.05) is 52.9 Å². The Bertz CT molecular complexity index is 1480. The lowest BCUT2D eigenvalue weighted by Crippen LogP contribution is -2.46. The number of carbonyl (C=O) groups is 1. The summed E-state index contributed by atoms with van der Waals surface area (Å²) in [5.41, 5.74) is 3.44. The van der Waals surface area contributed by atoms with Crippen molar-refractivity contribution in [3.05, 3.63) is 60.2 Å². The topological polar surface area (TPSA) is 81.9 Å². The van der Waals surface area contributed by atoms with Crippen molar-refractivity contribution in [2.75, 3.05) is 12.4 Å². The van der Waals surface area contributed by atoms with E-state index in [9.17, 15) is 9.18 Å². The number of nitrogens with zero attached hydrogens (tertiary/aromatic N) is 4. The van der Waals surface area contributed by atoms with Crippen LogP contribution in [0.1, 0.15) is 12.8 Å². The molecule has 1 N–H and O–H groups in total. The second-order valence-corrected chi connectivity index (χ2v) is 10.3. The lowest BCUT2D eigenvalue weighted by atomic mass is 9.64. The Labute approximate surface area is 210 Å². The molecular weight excluding hydrogens is 568 g/mol. The quantitative estimate of drug-likeness (QED) is 0.186. The molecule has 0 saturated heterocycles. The van der Waals surface area contributed by atoms with Crippen LogP contribution in [0.25, 0.3) is 33.3 Å². The number of aromatic nitrogens is 4. The number of carbonyl (C=O) groups excluding carboxylic acids is 1. The summed E-state index contributed by atoms with van der Waals surface area (Å²) < 4.78 is 21.1. The van der Waals surface area contributed by atoms with E-state index in [-0.39, 0.29) is 23.8 Å². The van der Waals surface area contributed by atoms with Gasteiger partial charge >= 0.3 is 5.97 Å². The lowest BCUT2D eigenvalue weighted by Gasteiger charge is -2.43. The summed E-state index contributed by atoms with van der Waals surface area (Å²) in [4.78, 5) is 26.5. The molecule has 4 aromatic rings. The van der Waals surface area contributed by atoms with Crippen LogP contribution in [-0.4, -0.2) is 38.0 Å². The summed E-state index contributed by atoms with van der Waals surface area (Å²) in [6.07, 6.45) is 7.10. The van der Waals surface area contributed by atoms with E-state index in [0.29, 0.717) is 28.2 Å². The first-order valence-electron chi connectivity index (χ1n) is 10.8. The smallest absolute Gasteiger partial charge is 0.311 e. The van der Waals surface area contributed by atoms with Crippen LogP contribution in [0.2, 0.25) is 0 Å². The first-order chi connectivity index (χ1) is 16.6. The average molecular weight is 587 g/mol. The van der Waals surface area contributed by atoms with Gasteiger partial charge in [-0.3, -0.25) is 8.77 Å². The van der Waals surface area contributed by atoms with Gasteiger partial charge in [-0.1, -0.05) is 23.8 Å². The minimum Gasteiger partial charge on any atom is -0.469 e. The molecule has 3 aliphatic carbocycles. The van der Waals surface area contributed by atoms with Gasteiger partial charge in [-0.2, -0.15) is 0 Å². The molecule has 1 aromatic carbocycles. The number of fused-ring (bicyclic) bond motifs is 4. The molecule has 7 rings (SSSR count). The molecule has 34 heavy (non-hydrogen) atoms. The van der Waals surface area contributed by atoms with Crippen molar-refractivity contribution in [3.8, 4) is 11.4 Å². The Morgan fingerprint density at radius 3 is 2.88 bits per heavy atom. The van der Waals surface area contributed by atoms with Crippen LogP contribution in [0.4, 0.5) is 10.2 Å². The number of anilines is 1. The van der Waals surface area contributed by atoms with E-state index in [1.165, 1.54) is 34.1 Å². The Balaban J connectivity index is 1.50. The lowest BCUT2D eigenvalue weighted by molar-refractivity contribution is -0.148. The molecule has 2 unspecified atom stereocenters. The molecule has 3 aromatic heterocycles. The minimum atomic E-state index is -0.418. The number of allylic oxidation sites excluding steroid dienone is 1. The number of halogens is 2. The summed E-state index contributed by atoms with van der Waals surface area (Å²) in [5.74, 6) is 0.481. The third-order valence-electron chi connectivity index (χ3n) is 6.63. The zero-order valence-corrected chi connectivity index (χ0v) is 21.0. The summed E-state index contributed by atoms with van der Waals surface area (Å²) in [7, 11) is 2.87. The monoisotopic (exact) mass is 587 g/mol. The Kier molecular flexibility index (Phi) is 5.44. The van der Waals surface area contributed by atoms with Crippen LogP contribution in [0.3, 0.4) is 0 Å². The Morgan fingerprint density at radius 1 is 1.26 bits per heavy atom. The number of para-hydroxylation sites is 1. The van der Waals surface area contributed by atoms with Crippen LogP contribution >= 0.6 is 30.3 Å². The molecule has 0 spiro atoms. The van der Waals surface area contributed by atoms with Gasteiger partial charge in [-0.15, -0.1) is 0 Å². The fraction of sp³-hybridized carbons (Fsp3) is 0.250. The molecule has 0 amide bonds. The second kappa shape index (κ2) is 8.49. The van der Waals surface area contributed by atoms with Crippen LogP contribution in [0, 0.1) is 17.7 Å². The standard InChI is InChI=1S/C24H19FIN5O2S/c1-33-24(32)20-13-6-12(7-13)8-19(20)29-21-15-4-2-3-5-18(15)28-22(30-21)17-11-31(34-26)23-16(17)9-14(25)10-27-23/h2-5,8-11,13,19-20H,6-7H2,1H3,(H,28,29,30). The van der Waals surface area contributed by atoms with E-state index < -0.39 is 5.82 Å². The fourth-order valence-electron chi connectivity index (χ4n) is 5.01. The number of esters is 1. The molecule has 2 bridgehead atoms. The molecule has 3 heterocycles. The van der Waals surface area contributed by atoms with Gasteiger partial charge in [0.25, 0.3) is 0 Å². The van der Waals surface area contributed by atoms with Crippen LogP contribution in [0.5, 0.6) is 0 Å². The van der Waals surface area contributed by atoms with E-state index in [2.05, 4.69) is 37.6 Å². The average Bonchev–Trinajstić information content (AvgIpc) is 3.20. The maximum atomic E-state index is 14.1. The number of hydrogen-bond donors (Lipinski definition) is 1. The zero-order chi connectivity index (χ0) is 23.4. The Hall–Kier alpha value is -2.73. The second-order valence-electron chi connectivity index (χ2n) is 8.59. The predicted octanol–water partition coefficient (Wildman–Crippen LogP) is 5.55. The predicted molar refractivity (Wildman–Crippen MR) is 139 cm³/mol. The van der Waals surface area contributed by atoms with Crippen molar-refractivity contribution in [2.45, 2.75) is 18.9 Å². The van der Waals surface area contributed by atoms with Gasteiger partial charge in [0.05, 0.1) is 30.8 Å². The molecule has 1 fully saturated rings. The highest BCUT2D eigenvalue weighted by molar-refractivity contribution is 14.2. The highest BCUT2D eigenvalue weighted by atomic mass is 127. The van der Waals surface area contributed by atoms with Gasteiger partial charge in [-0.05, 0) is 37.0 Å². The van der Waals surface area contributed by atoms with Crippen molar-refractivity contribution < 1.29 is 13.9 Å². The summed E-state index contributed by atoms with van der Waals surface area (Å²) in [5, 5.41) is 5.00. The number of rotatable bonds is 5. The molecule has 0 aliphatic heterocycles. The van der Waals surface area contributed by atoms with Crippen molar-refractivity contribution in [1.82, 2.24) is 18.9 Å². The summed E-state index contributed by atoms with van der Waals surface area (Å²) in [6, 6.07) is 8.97. The normalized spacial score (nSPS) is 21.3. The van der Waals surface area contributed by atoms with Crippen molar-refractivity contribution in [1.29, 1.82) is 0 Å². The van der Waals surface area contributed by atoms with Crippen LogP contribution in [0.15, 0.2) is 54.4 Å². The molecule has 7 nitrogen and oxygen atoms in total. The first kappa shape index (κ1) is 21.8. The highest BCUT2D eigenvalue weighted by Crippen LogP contribution is 2.46. The van der Waals surface area contributed by atoms with Gasteiger partial charge in [-0.25, -0.2) is 19.3 Å². The van der Waals surface area contributed by atoms with Gasteiger partial charge < -0.3 is 10.1 Å². The largest absolute Gasteiger partial charge is 0.469 e. The highest BCUT2D eigenvalue weighted by Gasteiger charge is 2.45. The van der Waals surface area contributed by atoms with Gasteiger partial charge in [0.1, 0.15) is 11.6 Å². The number of benzene rings is 1.